The molecule has 0 heterocycles. The zero-order valence-corrected chi connectivity index (χ0v) is 13.9. The summed E-state index contributed by atoms with van der Waals surface area (Å²) >= 11 is 0. The quantitative estimate of drug-likeness (QED) is 0.842. The van der Waals surface area contributed by atoms with Crippen LogP contribution in [0.15, 0.2) is 29.2 Å². The minimum absolute atomic E-state index is 0.0518. The summed E-state index contributed by atoms with van der Waals surface area (Å²) in [6.07, 6.45) is 1.64. The van der Waals surface area contributed by atoms with Gasteiger partial charge in [0, 0.05) is 19.1 Å². The summed E-state index contributed by atoms with van der Waals surface area (Å²) < 4.78 is 26.6. The zero-order valence-electron chi connectivity index (χ0n) is 13.1. The Morgan fingerprint density at radius 3 is 2.05 bits per heavy atom. The van der Waals surface area contributed by atoms with Crippen molar-refractivity contribution in [1.82, 2.24) is 9.62 Å². The second kappa shape index (κ2) is 7.20. The Hall–Kier alpha value is -0.910. The standard InChI is InChI=1S/C15H26N2O2S/c1-6-14(7-2)17(5)20(18,19)15-10-8-13(9-11-15)12(3)16-4/h8-12,14,16H,6-7H2,1-5H3. The molecule has 114 valence electrons. The average molecular weight is 298 g/mol. The van der Waals surface area contributed by atoms with E-state index in [2.05, 4.69) is 5.32 Å². The van der Waals surface area contributed by atoms with E-state index < -0.39 is 10.0 Å². The van der Waals surface area contributed by atoms with Crippen molar-refractivity contribution in [2.24, 2.45) is 0 Å². The van der Waals surface area contributed by atoms with Crippen molar-refractivity contribution in [2.45, 2.75) is 50.6 Å². The Labute approximate surface area is 123 Å². The Kier molecular flexibility index (Phi) is 6.17. The highest BCUT2D eigenvalue weighted by Crippen LogP contribution is 2.21. The van der Waals surface area contributed by atoms with Gasteiger partial charge in [-0.25, -0.2) is 8.42 Å². The van der Waals surface area contributed by atoms with Crippen LogP contribution in [0.25, 0.3) is 0 Å². The first-order valence-corrected chi connectivity index (χ1v) is 8.57. The lowest BCUT2D eigenvalue weighted by Gasteiger charge is -2.25. The van der Waals surface area contributed by atoms with E-state index in [0.717, 1.165) is 18.4 Å². The molecular formula is C15H26N2O2S. The number of hydrogen-bond acceptors (Lipinski definition) is 3. The van der Waals surface area contributed by atoms with Crippen LogP contribution in [0, 0.1) is 0 Å². The molecule has 5 heteroatoms. The van der Waals surface area contributed by atoms with Gasteiger partial charge in [0.05, 0.1) is 4.90 Å². The number of hydrogen-bond donors (Lipinski definition) is 1. The molecule has 1 aromatic carbocycles. The third kappa shape index (κ3) is 3.59. The van der Waals surface area contributed by atoms with Crippen LogP contribution >= 0.6 is 0 Å². The molecule has 0 bridgehead atoms. The fourth-order valence-electron chi connectivity index (χ4n) is 2.26. The van der Waals surface area contributed by atoms with E-state index in [0.29, 0.717) is 4.90 Å². The molecule has 0 saturated carbocycles. The van der Waals surface area contributed by atoms with Gasteiger partial charge < -0.3 is 5.32 Å². The van der Waals surface area contributed by atoms with Crippen LogP contribution in [0.5, 0.6) is 0 Å². The first-order chi connectivity index (χ1) is 9.38. The molecule has 0 aliphatic carbocycles. The highest BCUT2D eigenvalue weighted by molar-refractivity contribution is 7.89. The van der Waals surface area contributed by atoms with E-state index in [-0.39, 0.29) is 12.1 Å². The molecule has 0 saturated heterocycles. The minimum atomic E-state index is -3.40. The lowest BCUT2D eigenvalue weighted by Crippen LogP contribution is -2.36. The van der Waals surface area contributed by atoms with E-state index in [4.69, 9.17) is 0 Å². The summed E-state index contributed by atoms with van der Waals surface area (Å²) in [5.74, 6) is 0. The number of rotatable bonds is 7. The number of nitrogens with zero attached hydrogens (tertiary/aromatic N) is 1. The van der Waals surface area contributed by atoms with Gasteiger partial charge in [-0.2, -0.15) is 4.31 Å². The zero-order chi connectivity index (χ0) is 15.3. The van der Waals surface area contributed by atoms with Gasteiger partial charge in [0.15, 0.2) is 0 Å². The normalized spacial score (nSPS) is 13.9. The number of nitrogens with one attached hydrogen (secondary N) is 1. The molecular weight excluding hydrogens is 272 g/mol. The van der Waals surface area contributed by atoms with Crippen molar-refractivity contribution in [2.75, 3.05) is 14.1 Å². The topological polar surface area (TPSA) is 49.4 Å². The van der Waals surface area contributed by atoms with Gasteiger partial charge in [0.1, 0.15) is 0 Å². The Balaban J connectivity index is 3.04. The van der Waals surface area contributed by atoms with Crippen LogP contribution in [0.4, 0.5) is 0 Å². The maximum atomic E-state index is 12.6. The van der Waals surface area contributed by atoms with E-state index in [1.165, 1.54) is 4.31 Å². The summed E-state index contributed by atoms with van der Waals surface area (Å²) in [5.41, 5.74) is 1.08. The van der Waals surface area contributed by atoms with Crippen LogP contribution in [-0.4, -0.2) is 32.9 Å². The van der Waals surface area contributed by atoms with Gasteiger partial charge in [-0.15, -0.1) is 0 Å². The van der Waals surface area contributed by atoms with E-state index >= 15 is 0 Å². The molecule has 1 aromatic rings. The largest absolute Gasteiger partial charge is 0.313 e. The Bertz CT molecular complexity index is 507. The third-order valence-electron chi connectivity index (χ3n) is 3.95. The minimum Gasteiger partial charge on any atom is -0.313 e. The van der Waals surface area contributed by atoms with Crippen molar-refractivity contribution in [3.8, 4) is 0 Å². The molecule has 0 amide bonds. The first-order valence-electron chi connectivity index (χ1n) is 7.13. The van der Waals surface area contributed by atoms with E-state index in [1.54, 1.807) is 19.2 Å². The molecule has 1 rings (SSSR count). The lowest BCUT2D eigenvalue weighted by atomic mass is 10.1. The highest BCUT2D eigenvalue weighted by Gasteiger charge is 2.25. The summed E-state index contributed by atoms with van der Waals surface area (Å²) in [6, 6.07) is 7.39. The molecule has 0 fully saturated rings. The lowest BCUT2D eigenvalue weighted by molar-refractivity contribution is 0.349. The number of sulfonamides is 1. The Morgan fingerprint density at radius 2 is 1.65 bits per heavy atom. The van der Waals surface area contributed by atoms with E-state index in [1.807, 2.05) is 40.0 Å². The fraction of sp³-hybridized carbons (Fsp3) is 0.600. The molecule has 1 unspecified atom stereocenters. The van der Waals surface area contributed by atoms with Crippen LogP contribution in [0.1, 0.15) is 45.2 Å². The maximum absolute atomic E-state index is 12.6. The summed E-state index contributed by atoms with van der Waals surface area (Å²) in [4.78, 5) is 0.360. The number of benzene rings is 1. The molecule has 0 aliphatic heterocycles. The molecule has 1 atom stereocenters. The highest BCUT2D eigenvalue weighted by atomic mass is 32.2. The van der Waals surface area contributed by atoms with Gasteiger partial charge >= 0.3 is 0 Å². The third-order valence-corrected chi connectivity index (χ3v) is 5.87. The molecule has 0 spiro atoms. The van der Waals surface area contributed by atoms with Crippen molar-refractivity contribution in [3.05, 3.63) is 29.8 Å². The van der Waals surface area contributed by atoms with Gasteiger partial charge in [0.25, 0.3) is 0 Å². The summed E-state index contributed by atoms with van der Waals surface area (Å²) in [5, 5.41) is 3.14. The SMILES string of the molecule is CCC(CC)N(C)S(=O)(=O)c1ccc(C(C)NC)cc1. The van der Waals surface area contributed by atoms with Crippen LogP contribution in [0.2, 0.25) is 0 Å². The van der Waals surface area contributed by atoms with Gasteiger partial charge in [0.2, 0.25) is 10.0 Å². The second-order valence-electron chi connectivity index (χ2n) is 5.07. The summed E-state index contributed by atoms with van der Waals surface area (Å²) in [7, 11) is 0.150. The van der Waals surface area contributed by atoms with Gasteiger partial charge in [-0.1, -0.05) is 26.0 Å². The van der Waals surface area contributed by atoms with Crippen LogP contribution in [-0.2, 0) is 10.0 Å². The van der Waals surface area contributed by atoms with Crippen molar-refractivity contribution >= 4 is 10.0 Å². The van der Waals surface area contributed by atoms with Crippen molar-refractivity contribution in [3.63, 3.8) is 0 Å². The monoisotopic (exact) mass is 298 g/mol. The Morgan fingerprint density at radius 1 is 1.15 bits per heavy atom. The van der Waals surface area contributed by atoms with Crippen LogP contribution < -0.4 is 5.32 Å². The van der Waals surface area contributed by atoms with Crippen molar-refractivity contribution < 1.29 is 8.42 Å². The first kappa shape index (κ1) is 17.1. The molecule has 1 N–H and O–H groups in total. The maximum Gasteiger partial charge on any atom is 0.243 e. The van der Waals surface area contributed by atoms with E-state index in [9.17, 15) is 8.42 Å². The van der Waals surface area contributed by atoms with Crippen LogP contribution in [0.3, 0.4) is 0 Å². The summed E-state index contributed by atoms with van der Waals surface area (Å²) in [6.45, 7) is 6.07. The van der Waals surface area contributed by atoms with Crippen molar-refractivity contribution in [1.29, 1.82) is 0 Å². The molecule has 0 radical (unpaired) electrons. The second-order valence-corrected chi connectivity index (χ2v) is 7.07. The van der Waals surface area contributed by atoms with Gasteiger partial charge in [-0.3, -0.25) is 0 Å². The molecule has 0 aliphatic rings. The molecule has 0 aromatic heterocycles. The van der Waals surface area contributed by atoms with Gasteiger partial charge in [-0.05, 0) is 44.5 Å². The molecule has 4 nitrogen and oxygen atoms in total. The molecule has 20 heavy (non-hydrogen) atoms. The predicted octanol–water partition coefficient (Wildman–Crippen LogP) is 2.78. The smallest absolute Gasteiger partial charge is 0.243 e. The average Bonchev–Trinajstić information content (AvgIpc) is 2.47. The predicted molar refractivity (Wildman–Crippen MR) is 83.2 cm³/mol. The fourth-order valence-corrected chi connectivity index (χ4v) is 3.76.